The number of anilines is 2. The third-order valence-electron chi connectivity index (χ3n) is 2.34. The first-order valence-electron chi connectivity index (χ1n) is 5.08. The molecule has 0 amide bonds. The second-order valence-electron chi connectivity index (χ2n) is 3.63. The lowest BCUT2D eigenvalue weighted by Gasteiger charge is -2.08. The Balaban J connectivity index is 2.23. The predicted molar refractivity (Wildman–Crippen MR) is 68.4 cm³/mol. The molecule has 1 aromatic heterocycles. The minimum absolute atomic E-state index is 0.545. The lowest BCUT2D eigenvalue weighted by atomic mass is 10.2. The molecule has 0 unspecified atom stereocenters. The summed E-state index contributed by atoms with van der Waals surface area (Å²) in [6, 6.07) is 11.1. The maximum Gasteiger partial charge on any atom is 0.130 e. The highest BCUT2D eigenvalue weighted by Gasteiger charge is 2.00. The van der Waals surface area contributed by atoms with E-state index in [2.05, 4.69) is 10.3 Å². The summed E-state index contributed by atoms with van der Waals surface area (Å²) in [5, 5.41) is 12.5. The molecule has 0 fully saturated rings. The molecule has 4 heteroatoms. The van der Waals surface area contributed by atoms with Crippen molar-refractivity contribution in [2.75, 3.05) is 5.32 Å². The van der Waals surface area contributed by atoms with E-state index < -0.39 is 0 Å². The summed E-state index contributed by atoms with van der Waals surface area (Å²) in [7, 11) is 0. The number of hydrogen-bond acceptors (Lipinski definition) is 3. The van der Waals surface area contributed by atoms with Gasteiger partial charge in [0.25, 0.3) is 0 Å². The zero-order valence-corrected chi connectivity index (χ0v) is 9.99. The van der Waals surface area contributed by atoms with Gasteiger partial charge in [0.15, 0.2) is 0 Å². The molecular weight excluding hydrogens is 234 g/mol. The largest absolute Gasteiger partial charge is 0.340 e. The van der Waals surface area contributed by atoms with Crippen LogP contribution in [0.5, 0.6) is 0 Å². The summed E-state index contributed by atoms with van der Waals surface area (Å²) in [5.41, 5.74) is 2.54. The number of rotatable bonds is 2. The van der Waals surface area contributed by atoms with Crippen LogP contribution in [0.15, 0.2) is 36.5 Å². The quantitative estimate of drug-likeness (QED) is 0.876. The smallest absolute Gasteiger partial charge is 0.130 e. The third kappa shape index (κ3) is 2.74. The maximum atomic E-state index is 8.67. The number of benzene rings is 1. The van der Waals surface area contributed by atoms with Crippen LogP contribution >= 0.6 is 11.6 Å². The van der Waals surface area contributed by atoms with Gasteiger partial charge in [0.2, 0.25) is 0 Å². The molecule has 0 saturated heterocycles. The van der Waals surface area contributed by atoms with Crippen LogP contribution in [-0.2, 0) is 0 Å². The molecule has 0 bridgehead atoms. The van der Waals surface area contributed by atoms with Crippen molar-refractivity contribution in [3.63, 3.8) is 0 Å². The molecule has 0 atom stereocenters. The molecule has 17 heavy (non-hydrogen) atoms. The van der Waals surface area contributed by atoms with Crippen molar-refractivity contribution in [1.29, 1.82) is 5.26 Å². The van der Waals surface area contributed by atoms with E-state index in [9.17, 15) is 0 Å². The number of aromatic nitrogens is 1. The van der Waals surface area contributed by atoms with Gasteiger partial charge in [0.1, 0.15) is 11.9 Å². The lowest BCUT2D eigenvalue weighted by Crippen LogP contribution is -1.95. The van der Waals surface area contributed by atoms with Crippen molar-refractivity contribution >= 4 is 23.1 Å². The Labute approximate surface area is 105 Å². The summed E-state index contributed by atoms with van der Waals surface area (Å²) in [6.45, 7) is 1.97. The molecule has 2 aromatic rings. The van der Waals surface area contributed by atoms with Crippen molar-refractivity contribution in [2.45, 2.75) is 6.92 Å². The highest BCUT2D eigenvalue weighted by molar-refractivity contribution is 6.30. The van der Waals surface area contributed by atoms with Gasteiger partial charge in [-0.25, -0.2) is 4.98 Å². The van der Waals surface area contributed by atoms with Crippen molar-refractivity contribution < 1.29 is 0 Å². The van der Waals surface area contributed by atoms with Crippen LogP contribution in [0.3, 0.4) is 0 Å². The molecule has 84 valence electrons. The van der Waals surface area contributed by atoms with Crippen LogP contribution in [0.1, 0.15) is 11.1 Å². The van der Waals surface area contributed by atoms with E-state index in [0.717, 1.165) is 11.3 Å². The van der Waals surface area contributed by atoms with Crippen LogP contribution in [0.25, 0.3) is 0 Å². The van der Waals surface area contributed by atoms with Gasteiger partial charge in [-0.15, -0.1) is 0 Å². The summed E-state index contributed by atoms with van der Waals surface area (Å²) >= 11 is 5.88. The summed E-state index contributed by atoms with van der Waals surface area (Å²) < 4.78 is 0. The number of hydrogen-bond donors (Lipinski definition) is 1. The molecule has 0 aliphatic heterocycles. The van der Waals surface area contributed by atoms with Gasteiger partial charge in [-0.05, 0) is 42.8 Å². The molecule has 0 aliphatic carbocycles. The summed E-state index contributed by atoms with van der Waals surface area (Å²) in [4.78, 5) is 4.14. The SMILES string of the molecule is Cc1cc(Cl)ccc1Nc1ccc(C#N)cn1. The molecule has 3 nitrogen and oxygen atoms in total. The normalized spacial score (nSPS) is 9.71. The van der Waals surface area contributed by atoms with Gasteiger partial charge in [0.05, 0.1) is 5.56 Å². The number of aryl methyl sites for hydroxylation is 1. The highest BCUT2D eigenvalue weighted by atomic mass is 35.5. The number of halogens is 1. The Hall–Kier alpha value is -2.05. The summed E-state index contributed by atoms with van der Waals surface area (Å²) in [6.07, 6.45) is 1.54. The van der Waals surface area contributed by atoms with E-state index in [4.69, 9.17) is 16.9 Å². The van der Waals surface area contributed by atoms with Gasteiger partial charge >= 0.3 is 0 Å². The number of pyridine rings is 1. The van der Waals surface area contributed by atoms with Crippen LogP contribution in [0.4, 0.5) is 11.5 Å². The first-order chi connectivity index (χ1) is 8.19. The van der Waals surface area contributed by atoms with Gasteiger partial charge in [0, 0.05) is 16.9 Å². The number of nitrogens with zero attached hydrogens (tertiary/aromatic N) is 2. The Morgan fingerprint density at radius 3 is 2.71 bits per heavy atom. The first kappa shape index (κ1) is 11.4. The van der Waals surface area contributed by atoms with Crippen molar-refractivity contribution in [3.05, 3.63) is 52.7 Å². The first-order valence-corrected chi connectivity index (χ1v) is 5.46. The molecule has 1 aromatic carbocycles. The monoisotopic (exact) mass is 243 g/mol. The van der Waals surface area contributed by atoms with Gasteiger partial charge < -0.3 is 5.32 Å². The van der Waals surface area contributed by atoms with Crippen molar-refractivity contribution in [3.8, 4) is 6.07 Å². The fourth-order valence-electron chi connectivity index (χ4n) is 1.44. The summed E-state index contributed by atoms with van der Waals surface area (Å²) in [5.74, 6) is 0.703. The standard InChI is InChI=1S/C13H10ClN3/c1-9-6-11(14)3-4-12(9)17-13-5-2-10(7-15)8-16-13/h2-6,8H,1H3,(H,16,17). The Morgan fingerprint density at radius 2 is 2.12 bits per heavy atom. The van der Waals surface area contributed by atoms with Crippen LogP contribution in [0, 0.1) is 18.3 Å². The van der Waals surface area contributed by atoms with E-state index in [1.165, 1.54) is 6.20 Å². The van der Waals surface area contributed by atoms with E-state index in [-0.39, 0.29) is 0 Å². The Kier molecular flexibility index (Phi) is 3.27. The molecule has 1 heterocycles. The van der Waals surface area contributed by atoms with Crippen LogP contribution in [0.2, 0.25) is 5.02 Å². The Bertz CT molecular complexity index is 570. The zero-order chi connectivity index (χ0) is 12.3. The van der Waals surface area contributed by atoms with Crippen LogP contribution in [-0.4, -0.2) is 4.98 Å². The maximum absolute atomic E-state index is 8.67. The minimum atomic E-state index is 0.545. The molecular formula is C13H10ClN3. The fourth-order valence-corrected chi connectivity index (χ4v) is 1.67. The fraction of sp³-hybridized carbons (Fsp3) is 0.0769. The van der Waals surface area contributed by atoms with Crippen molar-refractivity contribution in [2.24, 2.45) is 0 Å². The molecule has 0 spiro atoms. The van der Waals surface area contributed by atoms with E-state index in [1.54, 1.807) is 12.1 Å². The number of nitrogens with one attached hydrogen (secondary N) is 1. The third-order valence-corrected chi connectivity index (χ3v) is 2.58. The number of nitriles is 1. The average molecular weight is 244 g/mol. The van der Waals surface area contributed by atoms with E-state index in [1.807, 2.05) is 31.2 Å². The minimum Gasteiger partial charge on any atom is -0.340 e. The topological polar surface area (TPSA) is 48.7 Å². The second kappa shape index (κ2) is 4.86. The Morgan fingerprint density at radius 1 is 1.29 bits per heavy atom. The van der Waals surface area contributed by atoms with Crippen LogP contribution < -0.4 is 5.32 Å². The molecule has 2 rings (SSSR count). The van der Waals surface area contributed by atoms with Gasteiger partial charge in [-0.2, -0.15) is 5.26 Å². The second-order valence-corrected chi connectivity index (χ2v) is 4.06. The van der Waals surface area contributed by atoms with E-state index in [0.29, 0.717) is 16.4 Å². The molecule has 0 saturated carbocycles. The van der Waals surface area contributed by atoms with Crippen molar-refractivity contribution in [1.82, 2.24) is 4.98 Å². The van der Waals surface area contributed by atoms with Gasteiger partial charge in [-0.1, -0.05) is 11.6 Å². The lowest BCUT2D eigenvalue weighted by molar-refractivity contribution is 1.28. The zero-order valence-electron chi connectivity index (χ0n) is 9.24. The average Bonchev–Trinajstić information content (AvgIpc) is 2.34. The predicted octanol–water partition coefficient (Wildman–Crippen LogP) is 3.66. The molecule has 0 radical (unpaired) electrons. The highest BCUT2D eigenvalue weighted by Crippen LogP contribution is 2.22. The van der Waals surface area contributed by atoms with E-state index >= 15 is 0 Å². The molecule has 0 aliphatic rings. The molecule has 1 N–H and O–H groups in total. The van der Waals surface area contributed by atoms with Gasteiger partial charge in [-0.3, -0.25) is 0 Å².